The maximum atomic E-state index is 12.6. The average molecular weight is 490 g/mol. The molecule has 0 aliphatic heterocycles. The van der Waals surface area contributed by atoms with Crippen molar-refractivity contribution in [1.82, 2.24) is 9.99 Å². The minimum Gasteiger partial charge on any atom is -0.301 e. The first-order valence-corrected chi connectivity index (χ1v) is 11.7. The van der Waals surface area contributed by atoms with E-state index in [2.05, 4.69) is 15.2 Å². The fourth-order valence-corrected chi connectivity index (χ4v) is 5.11. The normalized spacial score (nSPS) is 11.3. The van der Waals surface area contributed by atoms with Crippen molar-refractivity contribution in [2.75, 3.05) is 4.72 Å². The average Bonchev–Trinajstić information content (AvgIpc) is 3.31. The number of carbonyl (C=O) groups excluding carboxylic acids is 1. The molecule has 1 aromatic carbocycles. The summed E-state index contributed by atoms with van der Waals surface area (Å²) in [5.41, 5.74) is 2.42. The van der Waals surface area contributed by atoms with Crippen LogP contribution in [0, 0.1) is 18.3 Å². The van der Waals surface area contributed by atoms with Crippen molar-refractivity contribution < 1.29 is 13.2 Å². The summed E-state index contributed by atoms with van der Waals surface area (Å²) >= 11 is 7.23. The van der Waals surface area contributed by atoms with Gasteiger partial charge in [0.05, 0.1) is 17.5 Å². The molecule has 1 amide bonds. The number of hydrogen-bond donors (Lipinski definition) is 2. The van der Waals surface area contributed by atoms with Gasteiger partial charge in [0.25, 0.3) is 21.5 Å². The lowest BCUT2D eigenvalue weighted by Gasteiger charge is -2.11. The molecule has 2 N–H and O–H groups in total. The highest BCUT2D eigenvalue weighted by atomic mass is 35.5. The Bertz CT molecular complexity index is 1420. The number of aromatic nitrogens is 1. The summed E-state index contributed by atoms with van der Waals surface area (Å²) in [5.74, 6) is -0.676. The highest BCUT2D eigenvalue weighted by Crippen LogP contribution is 2.23. The number of rotatable bonds is 6. The van der Waals surface area contributed by atoms with Gasteiger partial charge in [0.15, 0.2) is 0 Å². The van der Waals surface area contributed by atoms with E-state index in [1.54, 1.807) is 30.5 Å². The first-order valence-electron chi connectivity index (χ1n) is 8.95. The largest absolute Gasteiger partial charge is 0.301 e. The zero-order chi connectivity index (χ0) is 23.5. The van der Waals surface area contributed by atoms with Crippen LogP contribution in [0.4, 0.5) is 5.69 Å². The number of thiophene rings is 1. The van der Waals surface area contributed by atoms with E-state index in [4.69, 9.17) is 11.6 Å². The number of nitrogens with one attached hydrogen (secondary N) is 2. The van der Waals surface area contributed by atoms with Crippen LogP contribution in [0.1, 0.15) is 27.0 Å². The highest BCUT2D eigenvalue weighted by molar-refractivity contribution is 7.94. The second-order valence-corrected chi connectivity index (χ2v) is 9.68. The Labute approximate surface area is 192 Å². The summed E-state index contributed by atoms with van der Waals surface area (Å²) in [5, 5.41) is 14.8. The fourth-order valence-electron chi connectivity index (χ4n) is 2.77. The Morgan fingerprint density at radius 2 is 2.00 bits per heavy atom. The molecule has 0 saturated carbocycles. The van der Waals surface area contributed by atoms with Crippen molar-refractivity contribution in [2.24, 2.45) is 12.1 Å². The van der Waals surface area contributed by atoms with Gasteiger partial charge in [-0.2, -0.15) is 10.4 Å². The Morgan fingerprint density at radius 3 is 2.66 bits per heavy atom. The molecule has 0 atom stereocenters. The number of halogens is 1. The number of benzene rings is 1. The number of sulfonamides is 1. The van der Waals surface area contributed by atoms with Crippen LogP contribution in [0.5, 0.6) is 0 Å². The SMILES string of the molecule is Cc1c(/C=N/NC(=O)c2ccccc2NS(=O)(=O)c2cccs2)c(Cl)n(C)c(=O)c1C#N. The van der Waals surface area contributed by atoms with Crippen LogP contribution in [-0.2, 0) is 17.1 Å². The molecule has 2 aromatic heterocycles. The maximum absolute atomic E-state index is 12.6. The highest BCUT2D eigenvalue weighted by Gasteiger charge is 2.19. The zero-order valence-corrected chi connectivity index (χ0v) is 19.2. The molecular formula is C20H16ClN5O4S2. The third-order valence-electron chi connectivity index (χ3n) is 4.46. The van der Waals surface area contributed by atoms with Gasteiger partial charge < -0.3 is 4.57 Å². The number of para-hydroxylation sites is 1. The van der Waals surface area contributed by atoms with Crippen LogP contribution in [0.25, 0.3) is 0 Å². The lowest BCUT2D eigenvalue weighted by molar-refractivity contribution is 0.0956. The van der Waals surface area contributed by atoms with Crippen molar-refractivity contribution in [3.63, 3.8) is 0 Å². The molecule has 0 unspecified atom stereocenters. The van der Waals surface area contributed by atoms with Gasteiger partial charge in [0.1, 0.15) is 21.0 Å². The van der Waals surface area contributed by atoms with E-state index in [1.165, 1.54) is 31.5 Å². The molecule has 0 radical (unpaired) electrons. The first-order chi connectivity index (χ1) is 15.2. The first kappa shape index (κ1) is 23.2. The molecule has 0 aliphatic carbocycles. The van der Waals surface area contributed by atoms with E-state index in [0.29, 0.717) is 5.56 Å². The van der Waals surface area contributed by atoms with Gasteiger partial charge in [-0.1, -0.05) is 29.8 Å². The number of anilines is 1. The molecule has 0 aliphatic rings. The summed E-state index contributed by atoms with van der Waals surface area (Å²) < 4.78 is 28.6. The fraction of sp³-hybridized carbons (Fsp3) is 0.100. The van der Waals surface area contributed by atoms with Gasteiger partial charge in [-0.25, -0.2) is 13.8 Å². The van der Waals surface area contributed by atoms with Gasteiger partial charge >= 0.3 is 0 Å². The van der Waals surface area contributed by atoms with E-state index >= 15 is 0 Å². The number of hydrazone groups is 1. The molecule has 0 spiro atoms. The van der Waals surface area contributed by atoms with Gasteiger partial charge in [0.2, 0.25) is 0 Å². The molecule has 3 aromatic rings. The summed E-state index contributed by atoms with van der Waals surface area (Å²) in [6, 6.07) is 11.0. The summed E-state index contributed by atoms with van der Waals surface area (Å²) in [6.07, 6.45) is 1.22. The number of nitrogens with zero attached hydrogens (tertiary/aromatic N) is 3. The summed E-state index contributed by atoms with van der Waals surface area (Å²) in [6.45, 7) is 1.55. The van der Waals surface area contributed by atoms with E-state index in [-0.39, 0.29) is 31.7 Å². The number of hydrogen-bond acceptors (Lipinski definition) is 7. The Balaban J connectivity index is 1.86. The number of nitriles is 1. The van der Waals surface area contributed by atoms with Crippen LogP contribution in [0.2, 0.25) is 5.15 Å². The molecule has 12 heteroatoms. The van der Waals surface area contributed by atoms with Gasteiger partial charge in [0, 0.05) is 12.6 Å². The van der Waals surface area contributed by atoms with Crippen LogP contribution < -0.4 is 15.7 Å². The molecular weight excluding hydrogens is 474 g/mol. The second-order valence-electron chi connectivity index (χ2n) is 6.46. The third-order valence-corrected chi connectivity index (χ3v) is 7.68. The summed E-state index contributed by atoms with van der Waals surface area (Å²) in [4.78, 5) is 24.7. The lowest BCUT2D eigenvalue weighted by Crippen LogP contribution is -2.24. The molecule has 164 valence electrons. The van der Waals surface area contributed by atoms with Crippen molar-refractivity contribution in [2.45, 2.75) is 11.1 Å². The van der Waals surface area contributed by atoms with E-state index in [0.717, 1.165) is 15.9 Å². The van der Waals surface area contributed by atoms with Crippen molar-refractivity contribution >= 4 is 50.8 Å². The number of pyridine rings is 1. The molecule has 0 saturated heterocycles. The predicted molar refractivity (Wildman–Crippen MR) is 123 cm³/mol. The lowest BCUT2D eigenvalue weighted by atomic mass is 10.1. The molecule has 2 heterocycles. The van der Waals surface area contributed by atoms with Gasteiger partial charge in [-0.05, 0) is 36.1 Å². The quantitative estimate of drug-likeness (QED) is 0.312. The molecule has 32 heavy (non-hydrogen) atoms. The van der Waals surface area contributed by atoms with E-state index in [9.17, 15) is 23.3 Å². The van der Waals surface area contributed by atoms with Crippen LogP contribution in [0.3, 0.4) is 0 Å². The molecule has 3 rings (SSSR count). The van der Waals surface area contributed by atoms with Gasteiger partial charge in [-0.15, -0.1) is 11.3 Å². The smallest absolute Gasteiger partial charge is 0.273 e. The topological polar surface area (TPSA) is 133 Å². The third kappa shape index (κ3) is 4.57. The molecule has 0 fully saturated rings. The monoisotopic (exact) mass is 489 g/mol. The number of carbonyl (C=O) groups is 1. The number of amides is 1. The van der Waals surface area contributed by atoms with Crippen LogP contribution >= 0.6 is 22.9 Å². The van der Waals surface area contributed by atoms with Gasteiger partial charge in [-0.3, -0.25) is 14.3 Å². The van der Waals surface area contributed by atoms with E-state index < -0.39 is 21.5 Å². The van der Waals surface area contributed by atoms with Crippen LogP contribution in [0.15, 0.2) is 55.9 Å². The Hall–Kier alpha value is -3.46. The molecule has 0 bridgehead atoms. The Kier molecular flexibility index (Phi) is 6.78. The Morgan fingerprint density at radius 1 is 1.28 bits per heavy atom. The minimum absolute atomic E-state index is 0.0470. The minimum atomic E-state index is -3.85. The second kappa shape index (κ2) is 9.35. The van der Waals surface area contributed by atoms with Crippen molar-refractivity contribution in [1.29, 1.82) is 5.26 Å². The van der Waals surface area contributed by atoms with E-state index in [1.807, 2.05) is 6.07 Å². The standard InChI is InChI=1S/C20H16ClN5O4S2/c1-12-14(10-22)20(28)26(2)18(21)15(12)11-23-24-19(27)13-6-3-4-7-16(13)25-32(29,30)17-8-5-9-31-17/h3-9,11,25H,1-2H3,(H,24,27)/b23-11+. The summed E-state index contributed by atoms with van der Waals surface area (Å²) in [7, 11) is -2.43. The van der Waals surface area contributed by atoms with Crippen LogP contribution in [-0.4, -0.2) is 25.1 Å². The zero-order valence-electron chi connectivity index (χ0n) is 16.8. The predicted octanol–water partition coefficient (Wildman–Crippen LogP) is 2.85. The maximum Gasteiger partial charge on any atom is 0.273 e. The van der Waals surface area contributed by atoms with Crippen molar-refractivity contribution in [3.05, 3.63) is 79.5 Å². The van der Waals surface area contributed by atoms with Crippen molar-refractivity contribution in [3.8, 4) is 6.07 Å². The molecule has 9 nitrogen and oxygen atoms in total.